The molecule has 1 heterocycles. The zero-order chi connectivity index (χ0) is 14.5. The van der Waals surface area contributed by atoms with Gasteiger partial charge in [-0.05, 0) is 12.1 Å². The van der Waals surface area contributed by atoms with Gasteiger partial charge in [-0.25, -0.2) is 0 Å². The summed E-state index contributed by atoms with van der Waals surface area (Å²) in [5, 5.41) is 11.0. The van der Waals surface area contributed by atoms with E-state index in [1.165, 1.54) is 6.92 Å². The summed E-state index contributed by atoms with van der Waals surface area (Å²) >= 11 is 0. The van der Waals surface area contributed by atoms with E-state index in [0.29, 0.717) is 18.1 Å². The Labute approximate surface area is 119 Å². The Bertz CT molecular complexity index is 625. The molecule has 1 aromatic carbocycles. The predicted octanol–water partition coefficient (Wildman–Crippen LogP) is 1.26. The summed E-state index contributed by atoms with van der Waals surface area (Å²) in [6.45, 7) is 1.94. The average Bonchev–Trinajstić information content (AvgIpc) is 2.83. The van der Waals surface area contributed by atoms with Crippen LogP contribution in [0.5, 0.6) is 0 Å². The lowest BCUT2D eigenvalue weighted by Crippen LogP contribution is -2.15. The third kappa shape index (κ3) is 3.30. The quantitative estimate of drug-likeness (QED) is 0.811. The number of anilines is 1. The predicted molar refractivity (Wildman–Crippen MR) is 78.8 cm³/mol. The fourth-order valence-electron chi connectivity index (χ4n) is 1.74. The third-order valence-corrected chi connectivity index (χ3v) is 3.47. The van der Waals surface area contributed by atoms with Crippen LogP contribution in [0.1, 0.15) is 17.4 Å². The number of nitrogens with zero attached hydrogens (tertiary/aromatic N) is 3. The molecule has 0 saturated carbocycles. The Balaban J connectivity index is 2.32. The van der Waals surface area contributed by atoms with Gasteiger partial charge >= 0.3 is 0 Å². The number of Topliss-reactive ketones (excluding diaryl/α,β-unsaturated/α-hetero) is 1. The second-order valence-corrected chi connectivity index (χ2v) is 5.85. The van der Waals surface area contributed by atoms with Crippen molar-refractivity contribution in [2.45, 2.75) is 6.92 Å². The van der Waals surface area contributed by atoms with E-state index < -0.39 is 10.8 Å². The number of hydrogen-bond acceptors (Lipinski definition) is 5. The Hall–Kier alpha value is -2.02. The molecule has 7 heteroatoms. The second-order valence-electron chi connectivity index (χ2n) is 4.29. The largest absolute Gasteiger partial charge is 0.367 e. The summed E-state index contributed by atoms with van der Waals surface area (Å²) in [4.78, 5) is 11.6. The van der Waals surface area contributed by atoms with Gasteiger partial charge in [0, 0.05) is 36.3 Å². The first-order valence-corrected chi connectivity index (χ1v) is 7.88. The maximum atomic E-state index is 11.6. The molecule has 0 aliphatic rings. The Morgan fingerprint density at radius 2 is 2.05 bits per heavy atom. The van der Waals surface area contributed by atoms with Crippen LogP contribution < -0.4 is 5.32 Å². The second kappa shape index (κ2) is 6.42. The molecule has 1 atom stereocenters. The van der Waals surface area contributed by atoms with Crippen molar-refractivity contribution in [1.82, 2.24) is 15.0 Å². The minimum Gasteiger partial charge on any atom is -0.367 e. The fourth-order valence-corrected chi connectivity index (χ4v) is 2.13. The van der Waals surface area contributed by atoms with E-state index in [1.54, 1.807) is 10.9 Å². The normalized spacial score (nSPS) is 12.1. The van der Waals surface area contributed by atoms with E-state index in [9.17, 15) is 9.00 Å². The highest BCUT2D eigenvalue weighted by Gasteiger charge is 2.17. The molecule has 6 nitrogen and oxygen atoms in total. The fraction of sp³-hybridized carbons (Fsp3) is 0.308. The highest BCUT2D eigenvalue weighted by atomic mass is 32.2. The number of aromatic nitrogens is 3. The zero-order valence-corrected chi connectivity index (χ0v) is 12.2. The lowest BCUT2D eigenvalue weighted by molar-refractivity contribution is 0.101. The number of ketones is 1. The van der Waals surface area contributed by atoms with Crippen molar-refractivity contribution < 1.29 is 9.00 Å². The van der Waals surface area contributed by atoms with Crippen LogP contribution in [0.2, 0.25) is 0 Å². The van der Waals surface area contributed by atoms with Gasteiger partial charge in [0.05, 0.1) is 5.69 Å². The van der Waals surface area contributed by atoms with E-state index in [0.717, 1.165) is 5.69 Å². The number of hydrogen-bond donors (Lipinski definition) is 1. The van der Waals surface area contributed by atoms with E-state index in [-0.39, 0.29) is 11.5 Å². The van der Waals surface area contributed by atoms with E-state index in [2.05, 4.69) is 15.6 Å². The van der Waals surface area contributed by atoms with Crippen molar-refractivity contribution in [3.8, 4) is 5.69 Å². The van der Waals surface area contributed by atoms with Crippen molar-refractivity contribution in [3.05, 3.63) is 36.0 Å². The van der Waals surface area contributed by atoms with Crippen LogP contribution in [0.4, 0.5) is 5.82 Å². The smallest absolute Gasteiger partial charge is 0.183 e. The summed E-state index contributed by atoms with van der Waals surface area (Å²) < 4.78 is 12.7. The van der Waals surface area contributed by atoms with Crippen LogP contribution in [0.25, 0.3) is 5.69 Å². The molecule has 0 spiro atoms. The van der Waals surface area contributed by atoms with Gasteiger partial charge in [0.25, 0.3) is 0 Å². The van der Waals surface area contributed by atoms with Gasteiger partial charge in [0.1, 0.15) is 0 Å². The molecular weight excluding hydrogens is 276 g/mol. The molecule has 0 radical (unpaired) electrons. The number of rotatable bonds is 6. The van der Waals surface area contributed by atoms with Crippen LogP contribution in [-0.4, -0.2) is 43.5 Å². The van der Waals surface area contributed by atoms with Crippen LogP contribution >= 0.6 is 0 Å². The molecule has 1 aromatic heterocycles. The van der Waals surface area contributed by atoms with Gasteiger partial charge in [-0.15, -0.1) is 5.10 Å². The summed E-state index contributed by atoms with van der Waals surface area (Å²) in [5.41, 5.74) is 1.10. The molecule has 0 aliphatic heterocycles. The number of para-hydroxylation sites is 1. The molecule has 0 saturated heterocycles. The van der Waals surface area contributed by atoms with E-state index >= 15 is 0 Å². The monoisotopic (exact) mass is 292 g/mol. The van der Waals surface area contributed by atoms with Crippen LogP contribution in [-0.2, 0) is 10.8 Å². The van der Waals surface area contributed by atoms with Crippen molar-refractivity contribution in [3.63, 3.8) is 0 Å². The molecule has 106 valence electrons. The van der Waals surface area contributed by atoms with Crippen molar-refractivity contribution in [2.24, 2.45) is 0 Å². The maximum absolute atomic E-state index is 11.6. The lowest BCUT2D eigenvalue weighted by Gasteiger charge is -2.09. The molecule has 1 N–H and O–H groups in total. The molecular formula is C13H16N4O2S. The van der Waals surface area contributed by atoms with Gasteiger partial charge in [-0.3, -0.25) is 9.00 Å². The number of nitrogens with one attached hydrogen (secondary N) is 1. The first kappa shape index (κ1) is 14.4. The molecule has 0 fully saturated rings. The average molecular weight is 292 g/mol. The van der Waals surface area contributed by atoms with Gasteiger partial charge in [-0.1, -0.05) is 23.4 Å². The topological polar surface area (TPSA) is 76.9 Å². The molecule has 20 heavy (non-hydrogen) atoms. The molecule has 2 rings (SSSR count). The summed E-state index contributed by atoms with van der Waals surface area (Å²) in [5.74, 6) is 0.874. The molecule has 0 amide bonds. The number of benzene rings is 1. The number of carbonyl (C=O) groups excluding carboxylic acids is 1. The summed E-state index contributed by atoms with van der Waals surface area (Å²) in [6, 6.07) is 9.42. The standard InChI is InChI=1S/C13H16N4O2S/c1-10(18)12-13(14-8-9-20(2)19)17(16-15-12)11-6-4-3-5-7-11/h3-7,14H,8-9H2,1-2H3/t20-/m1/s1. The van der Waals surface area contributed by atoms with Crippen LogP contribution in [0, 0.1) is 0 Å². The van der Waals surface area contributed by atoms with Gasteiger partial charge < -0.3 is 5.32 Å². The zero-order valence-electron chi connectivity index (χ0n) is 11.4. The highest BCUT2D eigenvalue weighted by molar-refractivity contribution is 7.84. The first-order valence-electron chi connectivity index (χ1n) is 6.15. The first-order chi connectivity index (χ1) is 9.59. The summed E-state index contributed by atoms with van der Waals surface area (Å²) in [6.07, 6.45) is 1.64. The Morgan fingerprint density at radius 1 is 1.35 bits per heavy atom. The maximum Gasteiger partial charge on any atom is 0.183 e. The van der Waals surface area contributed by atoms with Gasteiger partial charge in [0.15, 0.2) is 17.3 Å². The highest BCUT2D eigenvalue weighted by Crippen LogP contribution is 2.18. The SMILES string of the molecule is CC(=O)c1nnn(-c2ccccc2)c1NCC[S@@](C)=O. The van der Waals surface area contributed by atoms with Crippen molar-refractivity contribution in [1.29, 1.82) is 0 Å². The molecule has 0 bridgehead atoms. The van der Waals surface area contributed by atoms with Crippen LogP contribution in [0.3, 0.4) is 0 Å². The Kier molecular flexibility index (Phi) is 4.62. The number of carbonyl (C=O) groups is 1. The Morgan fingerprint density at radius 3 is 2.65 bits per heavy atom. The summed E-state index contributed by atoms with van der Waals surface area (Å²) in [7, 11) is -0.893. The van der Waals surface area contributed by atoms with Crippen molar-refractivity contribution >= 4 is 22.4 Å². The lowest BCUT2D eigenvalue weighted by atomic mass is 10.3. The van der Waals surface area contributed by atoms with E-state index in [1.807, 2.05) is 30.3 Å². The third-order valence-electron chi connectivity index (χ3n) is 2.69. The van der Waals surface area contributed by atoms with Gasteiger partial charge in [-0.2, -0.15) is 4.68 Å². The minimum atomic E-state index is -0.893. The molecule has 0 unspecified atom stereocenters. The molecule has 2 aromatic rings. The van der Waals surface area contributed by atoms with Crippen molar-refractivity contribution in [2.75, 3.05) is 23.9 Å². The molecule has 0 aliphatic carbocycles. The van der Waals surface area contributed by atoms with Gasteiger partial charge in [0.2, 0.25) is 0 Å². The minimum absolute atomic E-state index is 0.160. The van der Waals surface area contributed by atoms with Crippen LogP contribution in [0.15, 0.2) is 30.3 Å². The van der Waals surface area contributed by atoms with E-state index in [4.69, 9.17) is 0 Å².